The summed E-state index contributed by atoms with van der Waals surface area (Å²) in [5.41, 5.74) is 4.04. The number of amides is 1. The molecule has 0 spiro atoms. The fourth-order valence-electron chi connectivity index (χ4n) is 2.71. The van der Waals surface area contributed by atoms with Crippen molar-refractivity contribution in [1.82, 2.24) is 5.43 Å². The van der Waals surface area contributed by atoms with E-state index in [0.29, 0.717) is 21.9 Å². The van der Waals surface area contributed by atoms with Crippen LogP contribution in [-0.4, -0.2) is 18.7 Å². The Labute approximate surface area is 166 Å². The Kier molecular flexibility index (Phi) is 6.45. The number of carbonyl (C=O) groups is 1. The van der Waals surface area contributed by atoms with E-state index in [-0.39, 0.29) is 6.61 Å². The van der Waals surface area contributed by atoms with Gasteiger partial charge in [0.2, 0.25) is 0 Å². The van der Waals surface area contributed by atoms with Crippen molar-refractivity contribution in [3.63, 3.8) is 0 Å². The molecule has 0 aliphatic heterocycles. The third-order valence-corrected chi connectivity index (χ3v) is 4.33. The van der Waals surface area contributed by atoms with Crippen LogP contribution in [0.5, 0.6) is 5.75 Å². The predicted octanol–water partition coefficient (Wildman–Crippen LogP) is 3.93. The monoisotopic (exact) mass is 398 g/mol. The lowest BCUT2D eigenvalue weighted by atomic mass is 10.1. The molecule has 1 N–H and O–H groups in total. The van der Waals surface area contributed by atoms with Gasteiger partial charge in [0, 0.05) is 28.1 Å². The van der Waals surface area contributed by atoms with Gasteiger partial charge in [0.15, 0.2) is 6.61 Å². The van der Waals surface area contributed by atoms with Crippen molar-refractivity contribution in [3.05, 3.63) is 75.1 Å². The molecular formula is C21H19ClN2O4. The highest BCUT2D eigenvalue weighted by atomic mass is 35.5. The first kappa shape index (κ1) is 19.6. The van der Waals surface area contributed by atoms with E-state index in [1.165, 1.54) is 12.3 Å². The fraction of sp³-hybridized carbons (Fsp3) is 0.190. The molecule has 1 heterocycles. The van der Waals surface area contributed by atoms with Crippen molar-refractivity contribution in [3.8, 4) is 5.75 Å². The van der Waals surface area contributed by atoms with Crippen LogP contribution in [-0.2, 0) is 11.2 Å². The second-order valence-electron chi connectivity index (χ2n) is 6.10. The van der Waals surface area contributed by atoms with Crippen LogP contribution in [0.3, 0.4) is 0 Å². The van der Waals surface area contributed by atoms with Crippen LogP contribution in [0, 0.1) is 0 Å². The first-order valence-corrected chi connectivity index (χ1v) is 9.20. The van der Waals surface area contributed by atoms with E-state index in [2.05, 4.69) is 10.5 Å². The molecule has 1 aromatic heterocycles. The summed E-state index contributed by atoms with van der Waals surface area (Å²) in [6.07, 6.45) is 3.17. The number of hydrazone groups is 1. The molecule has 0 radical (unpaired) electrons. The number of fused-ring (bicyclic) bond motifs is 1. The van der Waals surface area contributed by atoms with E-state index in [4.69, 9.17) is 20.8 Å². The molecule has 0 unspecified atom stereocenters. The molecule has 0 saturated heterocycles. The number of hydrogen-bond acceptors (Lipinski definition) is 5. The largest absolute Gasteiger partial charge is 0.484 e. The first-order chi connectivity index (χ1) is 13.6. The van der Waals surface area contributed by atoms with Crippen molar-refractivity contribution >= 4 is 34.7 Å². The van der Waals surface area contributed by atoms with Gasteiger partial charge in [0.25, 0.3) is 5.91 Å². The third kappa shape index (κ3) is 4.98. The highest BCUT2D eigenvalue weighted by Gasteiger charge is 2.08. The fourth-order valence-corrected chi connectivity index (χ4v) is 2.90. The maximum Gasteiger partial charge on any atom is 0.336 e. The Morgan fingerprint density at radius 3 is 2.86 bits per heavy atom. The lowest BCUT2D eigenvalue weighted by Gasteiger charge is -2.08. The van der Waals surface area contributed by atoms with Crippen LogP contribution >= 0.6 is 11.6 Å². The highest BCUT2D eigenvalue weighted by Crippen LogP contribution is 2.23. The van der Waals surface area contributed by atoms with Crippen LogP contribution < -0.4 is 15.8 Å². The first-order valence-electron chi connectivity index (χ1n) is 8.83. The molecule has 1 amide bonds. The number of ether oxygens (including phenoxy) is 1. The molecule has 0 bridgehead atoms. The molecule has 3 rings (SSSR count). The van der Waals surface area contributed by atoms with Crippen molar-refractivity contribution in [2.24, 2.45) is 5.10 Å². The van der Waals surface area contributed by atoms with Gasteiger partial charge in [-0.3, -0.25) is 4.79 Å². The summed E-state index contributed by atoms with van der Waals surface area (Å²) in [5, 5.41) is 5.26. The summed E-state index contributed by atoms with van der Waals surface area (Å²) in [6.45, 7) is 1.81. The zero-order chi connectivity index (χ0) is 19.9. The number of hydrogen-bond donors (Lipinski definition) is 1. The number of nitrogens with one attached hydrogen (secondary N) is 1. The molecule has 0 saturated carbocycles. The van der Waals surface area contributed by atoms with E-state index < -0.39 is 11.5 Å². The van der Waals surface area contributed by atoms with Gasteiger partial charge in [-0.05, 0) is 30.2 Å². The number of carbonyl (C=O) groups excluding carboxylic acids is 1. The summed E-state index contributed by atoms with van der Waals surface area (Å²) in [7, 11) is 0. The Morgan fingerprint density at radius 1 is 1.25 bits per heavy atom. The van der Waals surface area contributed by atoms with Gasteiger partial charge >= 0.3 is 5.63 Å². The predicted molar refractivity (Wildman–Crippen MR) is 109 cm³/mol. The summed E-state index contributed by atoms with van der Waals surface area (Å²) in [5.74, 6) is -0.000816. The topological polar surface area (TPSA) is 80.9 Å². The minimum absolute atomic E-state index is 0.232. The molecule has 0 atom stereocenters. The van der Waals surface area contributed by atoms with Crippen LogP contribution in [0.4, 0.5) is 0 Å². The van der Waals surface area contributed by atoms with E-state index >= 15 is 0 Å². The second kappa shape index (κ2) is 9.19. The van der Waals surface area contributed by atoms with Crippen LogP contribution in [0.25, 0.3) is 11.0 Å². The van der Waals surface area contributed by atoms with E-state index in [1.54, 1.807) is 24.3 Å². The zero-order valence-electron chi connectivity index (χ0n) is 15.3. The smallest absolute Gasteiger partial charge is 0.336 e. The van der Waals surface area contributed by atoms with Gasteiger partial charge in [-0.1, -0.05) is 43.1 Å². The standard InChI is InChI=1S/C21H19ClN2O4/c1-2-5-14-10-21(26)28-19-11-16(8-9-17(14)19)27-13-20(25)24-23-12-15-6-3-4-7-18(15)22/h3-4,6-12H,2,5,13H2,1H3,(H,24,25)/b23-12-. The molecule has 7 heteroatoms. The average molecular weight is 399 g/mol. The number of rotatable bonds is 7. The normalized spacial score (nSPS) is 11.1. The van der Waals surface area contributed by atoms with Crippen molar-refractivity contribution in [1.29, 1.82) is 0 Å². The van der Waals surface area contributed by atoms with E-state index in [0.717, 1.165) is 23.8 Å². The van der Waals surface area contributed by atoms with Crippen LogP contribution in [0.15, 0.2) is 62.8 Å². The molecule has 144 valence electrons. The number of benzene rings is 2. The van der Waals surface area contributed by atoms with Gasteiger partial charge in [0.1, 0.15) is 11.3 Å². The van der Waals surface area contributed by atoms with Gasteiger partial charge in [-0.15, -0.1) is 0 Å². The van der Waals surface area contributed by atoms with Crippen molar-refractivity contribution < 1.29 is 13.9 Å². The number of aryl methyl sites for hydroxylation is 1. The van der Waals surface area contributed by atoms with Gasteiger partial charge in [0.05, 0.1) is 6.21 Å². The Balaban J connectivity index is 1.62. The Hall–Kier alpha value is -3.12. The highest BCUT2D eigenvalue weighted by molar-refractivity contribution is 6.33. The van der Waals surface area contributed by atoms with E-state index in [1.807, 2.05) is 25.1 Å². The molecule has 0 aliphatic rings. The lowest BCUT2D eigenvalue weighted by molar-refractivity contribution is -0.123. The molecular weight excluding hydrogens is 380 g/mol. The molecule has 0 fully saturated rings. The molecule has 3 aromatic rings. The SMILES string of the molecule is CCCc1cc(=O)oc2cc(OCC(=O)N/N=C\c3ccccc3Cl)ccc12. The molecule has 0 aliphatic carbocycles. The lowest BCUT2D eigenvalue weighted by Crippen LogP contribution is -2.24. The summed E-state index contributed by atoms with van der Waals surface area (Å²) in [4.78, 5) is 23.6. The van der Waals surface area contributed by atoms with Gasteiger partial charge in [-0.2, -0.15) is 5.10 Å². The Morgan fingerprint density at radius 2 is 2.07 bits per heavy atom. The summed E-state index contributed by atoms with van der Waals surface area (Å²) >= 11 is 6.01. The number of nitrogens with zero attached hydrogens (tertiary/aromatic N) is 1. The van der Waals surface area contributed by atoms with Crippen LogP contribution in [0.2, 0.25) is 5.02 Å². The van der Waals surface area contributed by atoms with Gasteiger partial charge in [-0.25, -0.2) is 10.2 Å². The second-order valence-corrected chi connectivity index (χ2v) is 6.51. The summed E-state index contributed by atoms with van der Waals surface area (Å²) < 4.78 is 10.7. The number of halogens is 1. The van der Waals surface area contributed by atoms with E-state index in [9.17, 15) is 9.59 Å². The molecule has 2 aromatic carbocycles. The minimum Gasteiger partial charge on any atom is -0.484 e. The minimum atomic E-state index is -0.426. The molecule has 28 heavy (non-hydrogen) atoms. The average Bonchev–Trinajstić information content (AvgIpc) is 2.67. The van der Waals surface area contributed by atoms with Crippen molar-refractivity contribution in [2.45, 2.75) is 19.8 Å². The summed E-state index contributed by atoms with van der Waals surface area (Å²) in [6, 6.07) is 13.8. The Bertz CT molecular complexity index is 1080. The van der Waals surface area contributed by atoms with Gasteiger partial charge < -0.3 is 9.15 Å². The maximum absolute atomic E-state index is 11.9. The third-order valence-electron chi connectivity index (χ3n) is 3.99. The maximum atomic E-state index is 11.9. The zero-order valence-corrected chi connectivity index (χ0v) is 16.0. The molecule has 6 nitrogen and oxygen atoms in total. The quantitative estimate of drug-likeness (QED) is 0.371. The van der Waals surface area contributed by atoms with Crippen molar-refractivity contribution in [2.75, 3.05) is 6.61 Å². The van der Waals surface area contributed by atoms with Crippen LogP contribution in [0.1, 0.15) is 24.5 Å².